The second-order valence-electron chi connectivity index (χ2n) is 5.59. The van der Waals surface area contributed by atoms with E-state index in [1.165, 1.54) is 16.8 Å². The topological polar surface area (TPSA) is 86.4 Å². The van der Waals surface area contributed by atoms with Crippen LogP contribution < -0.4 is 0 Å². The van der Waals surface area contributed by atoms with Crippen molar-refractivity contribution in [3.05, 3.63) is 45.8 Å². The number of hydrogen-bond acceptors (Lipinski definition) is 4. The average molecular weight is 448 g/mol. The molecule has 1 amide bonds. The van der Waals surface area contributed by atoms with Crippen LogP contribution in [0.1, 0.15) is 16.8 Å². The van der Waals surface area contributed by atoms with Crippen LogP contribution in [0.15, 0.2) is 40.2 Å². The van der Waals surface area contributed by atoms with Crippen LogP contribution in [-0.4, -0.2) is 59.7 Å². The van der Waals surface area contributed by atoms with E-state index < -0.39 is 10.0 Å². The van der Waals surface area contributed by atoms with Gasteiger partial charge in [0, 0.05) is 30.7 Å². The highest BCUT2D eigenvalue weighted by Gasteiger charge is 2.29. The Morgan fingerprint density at radius 2 is 2.04 bits per heavy atom. The summed E-state index contributed by atoms with van der Waals surface area (Å²) in [4.78, 5) is 20.8. The number of rotatable bonds is 3. The van der Waals surface area contributed by atoms with Crippen LogP contribution >= 0.6 is 27.5 Å². The summed E-state index contributed by atoms with van der Waals surface area (Å²) in [5.41, 5.74) is 0.404. The van der Waals surface area contributed by atoms with E-state index in [2.05, 4.69) is 25.9 Å². The molecule has 0 spiro atoms. The standard InChI is InChI=1S/C15H16BrClN4O3S/c16-11-2-3-13(17)12(8-11)15(22)20-4-1-5-21(7-6-20)25(23,24)14-9-18-10-19-14/h2-3,8-10H,1,4-7H2,(H,18,19). The molecule has 2 heterocycles. The number of amides is 1. The van der Waals surface area contributed by atoms with Crippen molar-refractivity contribution in [2.24, 2.45) is 0 Å². The third-order valence-corrected chi connectivity index (χ3v) is 6.64. The van der Waals surface area contributed by atoms with Gasteiger partial charge < -0.3 is 9.88 Å². The molecule has 1 aliphatic heterocycles. The molecule has 0 unspecified atom stereocenters. The molecule has 1 aliphatic rings. The number of aromatic amines is 1. The van der Waals surface area contributed by atoms with Gasteiger partial charge in [-0.25, -0.2) is 13.4 Å². The Labute approximate surface area is 159 Å². The molecular weight excluding hydrogens is 432 g/mol. The number of imidazole rings is 1. The molecule has 1 N–H and O–H groups in total. The highest BCUT2D eigenvalue weighted by atomic mass is 79.9. The Morgan fingerprint density at radius 1 is 1.24 bits per heavy atom. The first-order chi connectivity index (χ1) is 11.9. The molecule has 2 aromatic rings. The lowest BCUT2D eigenvalue weighted by Gasteiger charge is -2.22. The van der Waals surface area contributed by atoms with Gasteiger partial charge in [0.1, 0.15) is 0 Å². The second-order valence-corrected chi connectivity index (χ2v) is 8.82. The first-order valence-electron chi connectivity index (χ1n) is 7.62. The molecule has 10 heteroatoms. The van der Waals surface area contributed by atoms with E-state index in [4.69, 9.17) is 11.6 Å². The third kappa shape index (κ3) is 3.89. The summed E-state index contributed by atoms with van der Waals surface area (Å²) in [6.45, 7) is 1.34. The van der Waals surface area contributed by atoms with Gasteiger partial charge in [0.25, 0.3) is 15.9 Å². The summed E-state index contributed by atoms with van der Waals surface area (Å²) in [6, 6.07) is 5.10. The minimum atomic E-state index is -3.63. The fourth-order valence-electron chi connectivity index (χ4n) is 2.69. The minimum Gasteiger partial charge on any atom is -0.337 e. The Hall–Kier alpha value is -1.42. The highest BCUT2D eigenvalue weighted by Crippen LogP contribution is 2.23. The van der Waals surface area contributed by atoms with E-state index in [1.807, 2.05) is 0 Å². The number of nitrogens with zero attached hydrogens (tertiary/aromatic N) is 3. The summed E-state index contributed by atoms with van der Waals surface area (Å²) in [5, 5.41) is 0.432. The maximum Gasteiger partial charge on any atom is 0.260 e. The molecule has 1 aromatic heterocycles. The van der Waals surface area contributed by atoms with Crippen molar-refractivity contribution in [1.29, 1.82) is 0 Å². The van der Waals surface area contributed by atoms with E-state index in [-0.39, 0.29) is 17.5 Å². The molecule has 0 bridgehead atoms. The van der Waals surface area contributed by atoms with Gasteiger partial charge in [0.05, 0.1) is 23.1 Å². The molecule has 0 atom stereocenters. The number of halogens is 2. The Bertz CT molecular complexity index is 873. The van der Waals surface area contributed by atoms with Crippen LogP contribution in [0.25, 0.3) is 0 Å². The molecule has 3 rings (SSSR count). The SMILES string of the molecule is O=C(c1cc(Br)ccc1Cl)N1CCCN(S(=O)(=O)c2cnc[nH]2)CC1. The fourth-order valence-corrected chi connectivity index (χ4v) is 4.62. The van der Waals surface area contributed by atoms with Crippen molar-refractivity contribution in [1.82, 2.24) is 19.2 Å². The van der Waals surface area contributed by atoms with Crippen LogP contribution in [0.3, 0.4) is 0 Å². The summed E-state index contributed by atoms with van der Waals surface area (Å²) in [7, 11) is -3.63. The van der Waals surface area contributed by atoms with Gasteiger partial charge in [-0.15, -0.1) is 0 Å². The van der Waals surface area contributed by atoms with Gasteiger partial charge >= 0.3 is 0 Å². The molecule has 25 heavy (non-hydrogen) atoms. The zero-order valence-corrected chi connectivity index (χ0v) is 16.3. The zero-order chi connectivity index (χ0) is 18.0. The Kier molecular flexibility index (Phi) is 5.47. The minimum absolute atomic E-state index is 0.0577. The largest absolute Gasteiger partial charge is 0.337 e. The predicted octanol–water partition coefficient (Wildman–Crippen LogP) is 2.36. The van der Waals surface area contributed by atoms with Crippen molar-refractivity contribution in [3.8, 4) is 0 Å². The predicted molar refractivity (Wildman–Crippen MR) is 97.0 cm³/mol. The number of carbonyl (C=O) groups excluding carboxylic acids is 1. The lowest BCUT2D eigenvalue weighted by molar-refractivity contribution is 0.0764. The number of benzene rings is 1. The number of sulfonamides is 1. The molecule has 1 fully saturated rings. The number of H-pyrrole nitrogens is 1. The van der Waals surface area contributed by atoms with Gasteiger partial charge in [0.2, 0.25) is 0 Å². The van der Waals surface area contributed by atoms with Gasteiger partial charge in [-0.2, -0.15) is 4.31 Å². The van der Waals surface area contributed by atoms with Crippen LogP contribution in [0.4, 0.5) is 0 Å². The van der Waals surface area contributed by atoms with E-state index in [9.17, 15) is 13.2 Å². The number of carbonyl (C=O) groups is 1. The van der Waals surface area contributed by atoms with Crippen molar-refractivity contribution in [2.75, 3.05) is 26.2 Å². The normalized spacial score (nSPS) is 16.6. The van der Waals surface area contributed by atoms with Crippen molar-refractivity contribution in [3.63, 3.8) is 0 Å². The van der Waals surface area contributed by atoms with Gasteiger partial charge in [-0.05, 0) is 24.6 Å². The third-order valence-electron chi connectivity index (χ3n) is 3.99. The molecule has 134 valence electrons. The maximum atomic E-state index is 12.7. The van der Waals surface area contributed by atoms with Crippen LogP contribution in [0.2, 0.25) is 5.02 Å². The number of hydrogen-bond donors (Lipinski definition) is 1. The molecule has 0 aliphatic carbocycles. The van der Waals surface area contributed by atoms with Crippen LogP contribution in [0, 0.1) is 0 Å². The number of nitrogens with one attached hydrogen (secondary N) is 1. The second kappa shape index (κ2) is 7.45. The highest BCUT2D eigenvalue weighted by molar-refractivity contribution is 9.10. The van der Waals surface area contributed by atoms with Crippen molar-refractivity contribution in [2.45, 2.75) is 11.4 Å². The Morgan fingerprint density at radius 3 is 2.76 bits per heavy atom. The van der Waals surface area contributed by atoms with Crippen LogP contribution in [-0.2, 0) is 10.0 Å². The molecule has 1 saturated heterocycles. The lowest BCUT2D eigenvalue weighted by atomic mass is 10.2. The average Bonchev–Trinajstić information content (AvgIpc) is 3.01. The summed E-state index contributed by atoms with van der Waals surface area (Å²) in [5.74, 6) is -0.202. The lowest BCUT2D eigenvalue weighted by Crippen LogP contribution is -2.37. The van der Waals surface area contributed by atoms with E-state index >= 15 is 0 Å². The van der Waals surface area contributed by atoms with Crippen LogP contribution in [0.5, 0.6) is 0 Å². The molecule has 0 saturated carbocycles. The number of aromatic nitrogens is 2. The maximum absolute atomic E-state index is 12.7. The van der Waals surface area contributed by atoms with Crippen molar-refractivity contribution < 1.29 is 13.2 Å². The van der Waals surface area contributed by atoms with Gasteiger partial charge in [0.15, 0.2) is 5.03 Å². The summed E-state index contributed by atoms with van der Waals surface area (Å²) < 4.78 is 27.3. The molecular formula is C15H16BrClN4O3S. The van der Waals surface area contributed by atoms with E-state index in [0.29, 0.717) is 36.6 Å². The smallest absolute Gasteiger partial charge is 0.260 e. The first kappa shape index (κ1) is 18.4. The summed E-state index contributed by atoms with van der Waals surface area (Å²) >= 11 is 9.47. The van der Waals surface area contributed by atoms with Gasteiger partial charge in [-0.3, -0.25) is 4.79 Å². The van der Waals surface area contributed by atoms with Crippen molar-refractivity contribution >= 4 is 43.5 Å². The van der Waals surface area contributed by atoms with E-state index in [1.54, 1.807) is 23.1 Å². The Balaban J connectivity index is 1.76. The molecule has 7 nitrogen and oxygen atoms in total. The zero-order valence-electron chi connectivity index (χ0n) is 13.2. The van der Waals surface area contributed by atoms with E-state index in [0.717, 1.165) is 4.47 Å². The quantitative estimate of drug-likeness (QED) is 0.782. The monoisotopic (exact) mass is 446 g/mol. The molecule has 1 aromatic carbocycles. The first-order valence-corrected chi connectivity index (χ1v) is 10.2. The molecule has 0 radical (unpaired) electrons. The summed E-state index contributed by atoms with van der Waals surface area (Å²) in [6.07, 6.45) is 3.16. The fraction of sp³-hybridized carbons (Fsp3) is 0.333. The van der Waals surface area contributed by atoms with Gasteiger partial charge in [-0.1, -0.05) is 27.5 Å².